The minimum absolute atomic E-state index is 0. The van der Waals surface area contributed by atoms with Gasteiger partial charge in [-0.15, -0.1) is 0 Å². The second-order valence-electron chi connectivity index (χ2n) is 8.76. The van der Waals surface area contributed by atoms with E-state index in [2.05, 4.69) is 23.8 Å². The van der Waals surface area contributed by atoms with Crippen molar-refractivity contribution in [3.63, 3.8) is 0 Å². The fourth-order valence-electron chi connectivity index (χ4n) is 3.49. The SMILES string of the molecule is CC(=O)[O-].CC(=O)[O-].CCc1cc(C)c(O)c(C=Nc2ccc(OC)cc2N=Cc2cc(CC)cc(C)c2O)c1.[Co+2]. The third-order valence-electron chi connectivity index (χ3n) is 5.46. The van der Waals surface area contributed by atoms with E-state index in [1.165, 1.54) is 0 Å². The average Bonchev–Trinajstić information content (AvgIpc) is 2.89. The topological polar surface area (TPSA) is 155 Å². The summed E-state index contributed by atoms with van der Waals surface area (Å²) in [7, 11) is 1.60. The van der Waals surface area contributed by atoms with Gasteiger partial charge < -0.3 is 34.8 Å². The van der Waals surface area contributed by atoms with Crippen LogP contribution in [0.1, 0.15) is 61.1 Å². The van der Waals surface area contributed by atoms with Crippen molar-refractivity contribution in [2.75, 3.05) is 7.11 Å². The zero-order chi connectivity index (χ0) is 30.4. The number of nitrogens with zero attached hydrogens (tertiary/aromatic N) is 2. The van der Waals surface area contributed by atoms with Gasteiger partial charge in [0.25, 0.3) is 0 Å². The van der Waals surface area contributed by atoms with E-state index in [9.17, 15) is 10.2 Å². The summed E-state index contributed by atoms with van der Waals surface area (Å²) in [5, 5.41) is 38.7. The van der Waals surface area contributed by atoms with Gasteiger partial charge in [0.05, 0.1) is 18.5 Å². The molecule has 3 aromatic rings. The smallest absolute Gasteiger partial charge is 0.550 e. The number of aryl methyl sites for hydroxylation is 4. The molecule has 0 atom stereocenters. The Labute approximate surface area is 251 Å². The van der Waals surface area contributed by atoms with Gasteiger partial charge in [0, 0.05) is 41.6 Å². The monoisotopic (exact) mass is 607 g/mol. The number of carbonyl (C=O) groups excluding carboxylic acids is 2. The predicted molar refractivity (Wildman–Crippen MR) is 153 cm³/mol. The van der Waals surface area contributed by atoms with E-state index in [1.54, 1.807) is 25.6 Å². The summed E-state index contributed by atoms with van der Waals surface area (Å²) >= 11 is 0. The van der Waals surface area contributed by atoms with Crippen molar-refractivity contribution >= 4 is 35.7 Å². The maximum atomic E-state index is 10.5. The van der Waals surface area contributed by atoms with Crippen molar-refractivity contribution in [3.05, 3.63) is 75.8 Å². The van der Waals surface area contributed by atoms with E-state index in [-0.39, 0.29) is 28.3 Å². The van der Waals surface area contributed by atoms with Crippen LogP contribution in [0.4, 0.5) is 11.4 Å². The van der Waals surface area contributed by atoms with Crippen LogP contribution in [-0.4, -0.2) is 41.7 Å². The molecule has 0 aliphatic heterocycles. The molecule has 0 aliphatic rings. The summed E-state index contributed by atoms with van der Waals surface area (Å²) in [6.07, 6.45) is 5.05. The molecule has 3 rings (SSSR count). The molecular weight excluding hydrogens is 571 g/mol. The Morgan fingerprint density at radius 2 is 1.17 bits per heavy atom. The van der Waals surface area contributed by atoms with E-state index >= 15 is 0 Å². The summed E-state index contributed by atoms with van der Waals surface area (Å²) in [4.78, 5) is 27.0. The number of aliphatic carboxylic acids is 2. The van der Waals surface area contributed by atoms with Crippen molar-refractivity contribution in [1.82, 2.24) is 0 Å². The first-order valence-electron chi connectivity index (χ1n) is 12.6. The van der Waals surface area contributed by atoms with Crippen LogP contribution in [-0.2, 0) is 39.2 Å². The van der Waals surface area contributed by atoms with E-state index in [1.807, 2.05) is 50.2 Å². The van der Waals surface area contributed by atoms with Crippen molar-refractivity contribution in [3.8, 4) is 17.2 Å². The maximum absolute atomic E-state index is 10.5. The van der Waals surface area contributed by atoms with E-state index < -0.39 is 11.9 Å². The number of phenols is 2. The molecule has 0 saturated carbocycles. The minimum Gasteiger partial charge on any atom is -0.550 e. The van der Waals surface area contributed by atoms with E-state index in [0.717, 1.165) is 48.9 Å². The quantitative estimate of drug-likeness (QED) is 0.387. The van der Waals surface area contributed by atoms with Crippen molar-refractivity contribution in [2.24, 2.45) is 9.98 Å². The van der Waals surface area contributed by atoms with Crippen molar-refractivity contribution in [1.29, 1.82) is 0 Å². The standard InChI is InChI=1S/C27H30N2O3.2C2H4O2.Co/c1-6-19-10-17(3)26(30)21(12-19)15-28-24-9-8-23(32-5)14-25(24)29-16-22-13-20(7-2)11-18(4)27(22)31;2*1-2(3)4;/h8-16,30-31H,6-7H2,1-5H3;2*1H3,(H,3,4);/q;;;+2/p-2. The fourth-order valence-corrected chi connectivity index (χ4v) is 3.49. The summed E-state index contributed by atoms with van der Waals surface area (Å²) in [5.74, 6) is -1.07. The molecule has 221 valence electrons. The number of aromatic hydroxyl groups is 2. The molecule has 0 heterocycles. The molecule has 0 bridgehead atoms. The first-order valence-corrected chi connectivity index (χ1v) is 12.6. The molecule has 10 heteroatoms. The molecule has 0 aromatic heterocycles. The zero-order valence-corrected chi connectivity index (χ0v) is 25.3. The first-order chi connectivity index (χ1) is 18.8. The Bertz CT molecular complexity index is 1370. The van der Waals surface area contributed by atoms with Crippen LogP contribution < -0.4 is 14.9 Å². The summed E-state index contributed by atoms with van der Waals surface area (Å²) in [6, 6.07) is 13.3. The molecule has 2 N–H and O–H groups in total. The number of carboxylic acids is 2. The van der Waals surface area contributed by atoms with Crippen molar-refractivity contribution in [2.45, 2.75) is 54.4 Å². The third-order valence-corrected chi connectivity index (χ3v) is 5.46. The number of benzene rings is 3. The molecule has 0 unspecified atom stereocenters. The molecule has 0 spiro atoms. The van der Waals surface area contributed by atoms with Crippen LogP contribution in [0.5, 0.6) is 17.2 Å². The number of carbonyl (C=O) groups is 2. The number of rotatable bonds is 7. The van der Waals surface area contributed by atoms with Crippen LogP contribution in [0.3, 0.4) is 0 Å². The third kappa shape index (κ3) is 12.7. The van der Waals surface area contributed by atoms with Gasteiger partial charge >= 0.3 is 16.8 Å². The molecule has 1 radical (unpaired) electrons. The Balaban J connectivity index is 0.00000158. The minimum atomic E-state index is -1.08. The summed E-state index contributed by atoms with van der Waals surface area (Å²) in [5.41, 5.74) is 6.45. The number of hydrogen-bond donors (Lipinski definition) is 2. The first kappa shape index (κ1) is 36.8. The average molecular weight is 608 g/mol. The molecule has 9 nitrogen and oxygen atoms in total. The molecule has 0 fully saturated rings. The maximum Gasteiger partial charge on any atom is 2.00 e. The second-order valence-corrected chi connectivity index (χ2v) is 8.76. The molecule has 41 heavy (non-hydrogen) atoms. The number of ether oxygens (including phenoxy) is 1. The van der Waals surface area contributed by atoms with Gasteiger partial charge in [-0.3, -0.25) is 9.98 Å². The van der Waals surface area contributed by atoms with Gasteiger partial charge in [-0.25, -0.2) is 0 Å². The molecule has 0 saturated heterocycles. The molecular formula is C31H36CoN2O7. The molecule has 0 amide bonds. The van der Waals surface area contributed by atoms with Gasteiger partial charge in [0.15, 0.2) is 0 Å². The van der Waals surface area contributed by atoms with Gasteiger partial charge in [-0.1, -0.05) is 26.0 Å². The number of methoxy groups -OCH3 is 1. The van der Waals surface area contributed by atoms with Gasteiger partial charge in [-0.05, 0) is 87.1 Å². The Hall–Kier alpha value is -4.15. The van der Waals surface area contributed by atoms with E-state index in [4.69, 9.17) is 24.5 Å². The predicted octanol–water partition coefficient (Wildman–Crippen LogP) is 3.86. The largest absolute Gasteiger partial charge is 2.00 e. The summed E-state index contributed by atoms with van der Waals surface area (Å²) in [6.45, 7) is 9.86. The van der Waals surface area contributed by atoms with Crippen molar-refractivity contribution < 1.29 is 51.5 Å². The van der Waals surface area contributed by atoms with Gasteiger partial charge in [-0.2, -0.15) is 0 Å². The number of phenolic OH excluding ortho intramolecular Hbond substituents is 2. The van der Waals surface area contributed by atoms with Crippen LogP contribution in [0.15, 0.2) is 52.4 Å². The van der Waals surface area contributed by atoms with Crippen LogP contribution in [0, 0.1) is 13.8 Å². The van der Waals surface area contributed by atoms with Crippen LogP contribution in [0.2, 0.25) is 0 Å². The van der Waals surface area contributed by atoms with E-state index in [0.29, 0.717) is 28.3 Å². The second kappa shape index (κ2) is 18.2. The number of carboxylic acid groups (broad SMARTS) is 2. The number of hydrogen-bond acceptors (Lipinski definition) is 9. The fraction of sp³-hybridized carbons (Fsp3) is 0.290. The molecule has 0 aliphatic carbocycles. The Morgan fingerprint density at radius 3 is 1.54 bits per heavy atom. The Morgan fingerprint density at radius 1 is 0.780 bits per heavy atom. The molecule has 3 aromatic carbocycles. The van der Waals surface area contributed by atoms with Crippen LogP contribution in [0.25, 0.3) is 0 Å². The Kier molecular flexibility index (Phi) is 16.4. The van der Waals surface area contributed by atoms with Crippen LogP contribution >= 0.6 is 0 Å². The normalized spacial score (nSPS) is 10.2. The zero-order valence-electron chi connectivity index (χ0n) is 24.3. The number of aliphatic imine (C=N–C) groups is 2. The van der Waals surface area contributed by atoms with Gasteiger partial charge in [0.1, 0.15) is 17.2 Å². The summed E-state index contributed by atoms with van der Waals surface area (Å²) < 4.78 is 5.35. The van der Waals surface area contributed by atoms with Gasteiger partial charge in [0.2, 0.25) is 0 Å².